The van der Waals surface area contributed by atoms with E-state index < -0.39 is 0 Å². The number of hydrogen-bond donors (Lipinski definition) is 0. The highest BCUT2D eigenvalue weighted by Gasteiger charge is 2.19. The number of amides is 1. The molecule has 0 aliphatic carbocycles. The van der Waals surface area contributed by atoms with Crippen LogP contribution < -0.4 is 0 Å². The minimum absolute atomic E-state index is 0.147. The number of nitrogens with zero attached hydrogens (tertiary/aromatic N) is 2. The molecule has 2 heterocycles. The second kappa shape index (κ2) is 6.81. The number of hydrogen-bond acceptors (Lipinski definition) is 4. The van der Waals surface area contributed by atoms with Crippen LogP contribution in [0.3, 0.4) is 0 Å². The first-order valence-electron chi connectivity index (χ1n) is 7.94. The van der Waals surface area contributed by atoms with Gasteiger partial charge in [0.2, 0.25) is 5.91 Å². The zero-order chi connectivity index (χ0) is 16.4. The van der Waals surface area contributed by atoms with E-state index >= 15 is 0 Å². The van der Waals surface area contributed by atoms with Gasteiger partial charge in [0.05, 0.1) is 25.3 Å². The van der Waals surface area contributed by atoms with Gasteiger partial charge in [0, 0.05) is 23.5 Å². The zero-order valence-electron chi connectivity index (χ0n) is 13.9. The van der Waals surface area contributed by atoms with Crippen molar-refractivity contribution in [2.75, 3.05) is 26.3 Å². The highest BCUT2D eigenvalue weighted by molar-refractivity contribution is 7.12. The van der Waals surface area contributed by atoms with Gasteiger partial charge in [-0.15, -0.1) is 11.3 Å². The summed E-state index contributed by atoms with van der Waals surface area (Å²) >= 11 is 1.62. The molecule has 1 saturated heterocycles. The van der Waals surface area contributed by atoms with Gasteiger partial charge in [0.15, 0.2) is 0 Å². The van der Waals surface area contributed by atoms with E-state index in [0.29, 0.717) is 32.7 Å². The van der Waals surface area contributed by atoms with Crippen LogP contribution in [-0.4, -0.2) is 42.1 Å². The Hall–Kier alpha value is -1.72. The molecule has 1 aliphatic rings. The number of morpholine rings is 1. The van der Waals surface area contributed by atoms with Crippen LogP contribution in [0.15, 0.2) is 18.2 Å². The second-order valence-electron chi connectivity index (χ2n) is 5.98. The Morgan fingerprint density at radius 3 is 2.65 bits per heavy atom. The molecule has 0 radical (unpaired) electrons. The van der Waals surface area contributed by atoms with Gasteiger partial charge in [0.1, 0.15) is 5.01 Å². The molecule has 5 heteroatoms. The highest BCUT2D eigenvalue weighted by Crippen LogP contribution is 2.29. The third kappa shape index (κ3) is 3.62. The van der Waals surface area contributed by atoms with Gasteiger partial charge < -0.3 is 9.64 Å². The van der Waals surface area contributed by atoms with Gasteiger partial charge in [-0.25, -0.2) is 4.98 Å². The Labute approximate surface area is 141 Å². The fourth-order valence-corrected chi connectivity index (χ4v) is 3.68. The summed E-state index contributed by atoms with van der Waals surface area (Å²) in [7, 11) is 0. The first kappa shape index (κ1) is 16.1. The SMILES string of the molecule is Cc1ccc(-c2nc(CC(=O)N3CCOCC3)sc2C)cc1C. The molecule has 4 nitrogen and oxygen atoms in total. The molecule has 0 unspecified atom stereocenters. The van der Waals surface area contributed by atoms with Crippen molar-refractivity contribution < 1.29 is 9.53 Å². The molecule has 1 amide bonds. The van der Waals surface area contributed by atoms with E-state index in [-0.39, 0.29) is 5.91 Å². The maximum Gasteiger partial charge on any atom is 0.229 e. The Morgan fingerprint density at radius 1 is 1.22 bits per heavy atom. The molecule has 122 valence electrons. The summed E-state index contributed by atoms with van der Waals surface area (Å²) in [5, 5.41) is 0.896. The average molecular weight is 330 g/mol. The zero-order valence-corrected chi connectivity index (χ0v) is 14.7. The van der Waals surface area contributed by atoms with Crippen LogP contribution in [0.1, 0.15) is 21.0 Å². The Kier molecular flexibility index (Phi) is 4.78. The first-order chi connectivity index (χ1) is 11.0. The van der Waals surface area contributed by atoms with Gasteiger partial charge in [0.25, 0.3) is 0 Å². The molecule has 23 heavy (non-hydrogen) atoms. The molecule has 1 aromatic heterocycles. The van der Waals surface area contributed by atoms with Crippen molar-refractivity contribution in [1.29, 1.82) is 0 Å². The standard InChI is InChI=1S/C18H22N2O2S/c1-12-4-5-15(10-13(12)2)18-14(3)23-16(19-18)11-17(21)20-6-8-22-9-7-20/h4-5,10H,6-9,11H2,1-3H3. The van der Waals surface area contributed by atoms with Crippen LogP contribution in [0.2, 0.25) is 0 Å². The summed E-state index contributed by atoms with van der Waals surface area (Å²) in [6.45, 7) is 8.95. The van der Waals surface area contributed by atoms with Crippen LogP contribution in [0.25, 0.3) is 11.3 Å². The summed E-state index contributed by atoms with van der Waals surface area (Å²) in [4.78, 5) is 20.1. The van der Waals surface area contributed by atoms with Gasteiger partial charge in [-0.3, -0.25) is 4.79 Å². The van der Waals surface area contributed by atoms with Crippen molar-refractivity contribution in [2.24, 2.45) is 0 Å². The minimum Gasteiger partial charge on any atom is -0.378 e. The van der Waals surface area contributed by atoms with E-state index in [1.807, 2.05) is 4.90 Å². The van der Waals surface area contributed by atoms with Gasteiger partial charge in [-0.2, -0.15) is 0 Å². The van der Waals surface area contributed by atoms with Gasteiger partial charge >= 0.3 is 0 Å². The first-order valence-corrected chi connectivity index (χ1v) is 8.75. The van der Waals surface area contributed by atoms with Gasteiger partial charge in [-0.1, -0.05) is 12.1 Å². The molecule has 0 N–H and O–H groups in total. The third-order valence-corrected chi connectivity index (χ3v) is 5.26. The second-order valence-corrected chi connectivity index (χ2v) is 7.27. The van der Waals surface area contributed by atoms with E-state index in [1.54, 1.807) is 11.3 Å². The largest absolute Gasteiger partial charge is 0.378 e. The van der Waals surface area contributed by atoms with Gasteiger partial charge in [-0.05, 0) is 38.0 Å². The number of carbonyl (C=O) groups is 1. The lowest BCUT2D eigenvalue weighted by Crippen LogP contribution is -2.41. The predicted octanol–water partition coefficient (Wildman–Crippen LogP) is 3.14. The maximum absolute atomic E-state index is 12.4. The van der Waals surface area contributed by atoms with Crippen molar-refractivity contribution in [3.8, 4) is 11.3 Å². The molecule has 0 spiro atoms. The van der Waals surface area contributed by atoms with Crippen molar-refractivity contribution in [2.45, 2.75) is 27.2 Å². The fraction of sp³-hybridized carbons (Fsp3) is 0.444. The van der Waals surface area contributed by atoms with E-state index in [4.69, 9.17) is 9.72 Å². The molecular weight excluding hydrogens is 308 g/mol. The van der Waals surface area contributed by atoms with Crippen molar-refractivity contribution in [3.63, 3.8) is 0 Å². The molecule has 1 fully saturated rings. The molecule has 0 saturated carbocycles. The molecule has 2 aromatic rings. The minimum atomic E-state index is 0.147. The Morgan fingerprint density at radius 2 is 1.96 bits per heavy atom. The molecular formula is C18H22N2O2S. The van der Waals surface area contributed by atoms with E-state index in [2.05, 4.69) is 39.0 Å². The van der Waals surface area contributed by atoms with Crippen molar-refractivity contribution in [1.82, 2.24) is 9.88 Å². The van der Waals surface area contributed by atoms with Crippen LogP contribution in [0.4, 0.5) is 0 Å². The quantitative estimate of drug-likeness (QED) is 0.868. The highest BCUT2D eigenvalue weighted by atomic mass is 32.1. The summed E-state index contributed by atoms with van der Waals surface area (Å²) in [5.74, 6) is 0.147. The van der Waals surface area contributed by atoms with E-state index in [1.165, 1.54) is 11.1 Å². The lowest BCUT2D eigenvalue weighted by molar-refractivity contribution is -0.134. The monoisotopic (exact) mass is 330 g/mol. The lowest BCUT2D eigenvalue weighted by Gasteiger charge is -2.26. The van der Waals surface area contributed by atoms with Crippen LogP contribution in [0.5, 0.6) is 0 Å². The summed E-state index contributed by atoms with van der Waals surface area (Å²) in [5.41, 5.74) is 4.68. The number of benzene rings is 1. The number of ether oxygens (including phenoxy) is 1. The lowest BCUT2D eigenvalue weighted by atomic mass is 10.0. The third-order valence-electron chi connectivity index (χ3n) is 4.29. The van der Waals surface area contributed by atoms with Crippen molar-refractivity contribution in [3.05, 3.63) is 39.2 Å². The van der Waals surface area contributed by atoms with Crippen molar-refractivity contribution >= 4 is 17.2 Å². The molecule has 0 atom stereocenters. The number of aromatic nitrogens is 1. The number of carbonyl (C=O) groups excluding carboxylic acids is 1. The Balaban J connectivity index is 1.77. The number of thiazole rings is 1. The summed E-state index contributed by atoms with van der Waals surface area (Å²) in [6.07, 6.45) is 0.385. The van der Waals surface area contributed by atoms with E-state index in [0.717, 1.165) is 21.1 Å². The van der Waals surface area contributed by atoms with E-state index in [9.17, 15) is 4.79 Å². The Bertz CT molecular complexity index is 718. The fourth-order valence-electron chi connectivity index (χ4n) is 2.74. The summed E-state index contributed by atoms with van der Waals surface area (Å²) < 4.78 is 5.30. The molecule has 1 aromatic carbocycles. The molecule has 3 rings (SSSR count). The molecule has 1 aliphatic heterocycles. The van der Waals surface area contributed by atoms with Crippen LogP contribution in [0, 0.1) is 20.8 Å². The number of rotatable bonds is 3. The molecule has 0 bridgehead atoms. The van der Waals surface area contributed by atoms with Crippen LogP contribution >= 0.6 is 11.3 Å². The number of aryl methyl sites for hydroxylation is 3. The topological polar surface area (TPSA) is 42.4 Å². The normalized spacial score (nSPS) is 15.0. The maximum atomic E-state index is 12.4. The average Bonchev–Trinajstić information content (AvgIpc) is 2.91. The smallest absolute Gasteiger partial charge is 0.229 e. The van der Waals surface area contributed by atoms with Crippen LogP contribution in [-0.2, 0) is 16.0 Å². The predicted molar refractivity (Wildman–Crippen MR) is 92.9 cm³/mol. The summed E-state index contributed by atoms with van der Waals surface area (Å²) in [6, 6.07) is 6.41.